The van der Waals surface area contributed by atoms with Crippen LogP contribution in [0.4, 0.5) is 4.39 Å². The van der Waals surface area contributed by atoms with E-state index in [2.05, 4.69) is 4.98 Å². The molecule has 0 amide bonds. The Morgan fingerprint density at radius 1 is 1.39 bits per heavy atom. The monoisotopic (exact) mass is 262 g/mol. The maximum atomic E-state index is 13.3. The summed E-state index contributed by atoms with van der Waals surface area (Å²) in [5.41, 5.74) is 7.75. The van der Waals surface area contributed by atoms with E-state index in [0.717, 1.165) is 34.0 Å². The molecule has 2 aromatic rings. The van der Waals surface area contributed by atoms with E-state index in [9.17, 15) is 4.39 Å². The van der Waals surface area contributed by atoms with Crippen LogP contribution in [0.3, 0.4) is 0 Å². The molecule has 94 valence electrons. The van der Waals surface area contributed by atoms with Crippen LogP contribution >= 0.6 is 11.3 Å². The van der Waals surface area contributed by atoms with E-state index < -0.39 is 0 Å². The second-order valence-corrected chi connectivity index (χ2v) is 6.15. The van der Waals surface area contributed by atoms with E-state index in [-0.39, 0.29) is 11.4 Å². The Balaban J connectivity index is 2.03. The summed E-state index contributed by atoms with van der Waals surface area (Å²) in [6, 6.07) is 6.57. The highest BCUT2D eigenvalue weighted by Gasteiger charge is 2.37. The molecule has 0 atom stereocenters. The van der Waals surface area contributed by atoms with Gasteiger partial charge in [-0.05, 0) is 38.3 Å². The summed E-state index contributed by atoms with van der Waals surface area (Å²) in [6.45, 7) is 2.02. The van der Waals surface area contributed by atoms with Gasteiger partial charge in [0, 0.05) is 10.4 Å². The van der Waals surface area contributed by atoms with Crippen molar-refractivity contribution in [2.24, 2.45) is 5.73 Å². The first kappa shape index (κ1) is 11.8. The molecule has 0 spiro atoms. The SMILES string of the molecule is Cc1sc(C2(N)CCC2)nc1-c1cccc(F)c1. The number of thiazole rings is 1. The normalized spacial score (nSPS) is 17.5. The zero-order valence-electron chi connectivity index (χ0n) is 10.2. The fraction of sp³-hybridized carbons (Fsp3) is 0.357. The minimum absolute atomic E-state index is 0.229. The molecule has 1 aliphatic rings. The third kappa shape index (κ3) is 1.85. The van der Waals surface area contributed by atoms with E-state index in [1.807, 2.05) is 13.0 Å². The zero-order chi connectivity index (χ0) is 12.8. The van der Waals surface area contributed by atoms with E-state index in [0.29, 0.717) is 0 Å². The molecule has 0 bridgehead atoms. The molecule has 4 heteroatoms. The molecule has 1 fully saturated rings. The number of halogens is 1. The van der Waals surface area contributed by atoms with Crippen molar-refractivity contribution in [2.45, 2.75) is 31.7 Å². The third-order valence-electron chi connectivity index (χ3n) is 3.57. The summed E-state index contributed by atoms with van der Waals surface area (Å²) < 4.78 is 13.3. The van der Waals surface area contributed by atoms with Gasteiger partial charge in [-0.3, -0.25) is 0 Å². The van der Waals surface area contributed by atoms with Gasteiger partial charge >= 0.3 is 0 Å². The van der Waals surface area contributed by atoms with Gasteiger partial charge in [0.25, 0.3) is 0 Å². The maximum absolute atomic E-state index is 13.3. The Hall–Kier alpha value is -1.26. The Kier molecular flexibility index (Phi) is 2.72. The van der Waals surface area contributed by atoms with Gasteiger partial charge in [-0.15, -0.1) is 11.3 Å². The number of nitrogens with two attached hydrogens (primary N) is 1. The molecule has 1 heterocycles. The molecule has 2 N–H and O–H groups in total. The molecule has 1 saturated carbocycles. The van der Waals surface area contributed by atoms with Crippen LogP contribution in [0.1, 0.15) is 29.1 Å². The molecule has 1 aliphatic carbocycles. The van der Waals surface area contributed by atoms with E-state index in [1.54, 1.807) is 17.4 Å². The van der Waals surface area contributed by atoms with Crippen LogP contribution in [0.5, 0.6) is 0 Å². The molecule has 1 aromatic heterocycles. The summed E-state index contributed by atoms with van der Waals surface area (Å²) in [4.78, 5) is 5.75. The fourth-order valence-corrected chi connectivity index (χ4v) is 3.38. The molecule has 1 aromatic carbocycles. The average molecular weight is 262 g/mol. The van der Waals surface area contributed by atoms with Crippen LogP contribution in [0.2, 0.25) is 0 Å². The number of rotatable bonds is 2. The van der Waals surface area contributed by atoms with Gasteiger partial charge in [0.2, 0.25) is 0 Å². The molecule has 0 aliphatic heterocycles. The standard InChI is InChI=1S/C14H15FN2S/c1-9-12(10-4-2-5-11(15)8-10)17-13(18-9)14(16)6-3-7-14/h2,4-5,8H,3,6-7,16H2,1H3. The van der Waals surface area contributed by atoms with Gasteiger partial charge in [0.1, 0.15) is 10.8 Å². The van der Waals surface area contributed by atoms with Crippen LogP contribution in [0, 0.1) is 12.7 Å². The molecule has 18 heavy (non-hydrogen) atoms. The smallest absolute Gasteiger partial charge is 0.123 e. The Labute approximate surface area is 110 Å². The summed E-state index contributed by atoms with van der Waals surface area (Å²) >= 11 is 1.64. The molecule has 2 nitrogen and oxygen atoms in total. The van der Waals surface area contributed by atoms with E-state index in [1.165, 1.54) is 18.6 Å². The second-order valence-electron chi connectivity index (χ2n) is 4.94. The fourth-order valence-electron chi connectivity index (χ4n) is 2.28. The van der Waals surface area contributed by atoms with Crippen LogP contribution in [0.15, 0.2) is 24.3 Å². The number of aromatic nitrogens is 1. The van der Waals surface area contributed by atoms with Crippen molar-refractivity contribution >= 4 is 11.3 Å². The summed E-state index contributed by atoms with van der Waals surface area (Å²) in [6.07, 6.45) is 3.18. The number of aryl methyl sites for hydroxylation is 1. The summed E-state index contributed by atoms with van der Waals surface area (Å²) in [5.74, 6) is -0.229. The molecule has 0 radical (unpaired) electrons. The summed E-state index contributed by atoms with van der Waals surface area (Å²) in [5, 5.41) is 0.991. The van der Waals surface area contributed by atoms with E-state index in [4.69, 9.17) is 5.73 Å². The van der Waals surface area contributed by atoms with Gasteiger partial charge in [-0.2, -0.15) is 0 Å². The second kappa shape index (κ2) is 4.14. The maximum Gasteiger partial charge on any atom is 0.123 e. The van der Waals surface area contributed by atoms with Crippen molar-refractivity contribution < 1.29 is 4.39 Å². The Morgan fingerprint density at radius 3 is 2.78 bits per heavy atom. The highest BCUT2D eigenvalue weighted by Crippen LogP contribution is 2.42. The van der Waals surface area contributed by atoms with E-state index >= 15 is 0 Å². The van der Waals surface area contributed by atoms with Crippen LogP contribution < -0.4 is 5.73 Å². The topological polar surface area (TPSA) is 38.9 Å². The Morgan fingerprint density at radius 2 is 2.17 bits per heavy atom. The van der Waals surface area contributed by atoms with Gasteiger partial charge in [-0.1, -0.05) is 12.1 Å². The summed E-state index contributed by atoms with van der Waals surface area (Å²) in [7, 11) is 0. The number of hydrogen-bond donors (Lipinski definition) is 1. The molecule has 0 saturated heterocycles. The first-order valence-corrected chi connectivity index (χ1v) is 6.93. The van der Waals surface area contributed by atoms with Crippen molar-refractivity contribution in [1.82, 2.24) is 4.98 Å². The van der Waals surface area contributed by atoms with Crippen molar-refractivity contribution in [1.29, 1.82) is 0 Å². The lowest BCUT2D eigenvalue weighted by Crippen LogP contribution is -2.43. The predicted octanol–water partition coefficient (Wildman–Crippen LogP) is 3.60. The molecular formula is C14H15FN2S. The quantitative estimate of drug-likeness (QED) is 0.898. The highest BCUT2D eigenvalue weighted by atomic mass is 32.1. The van der Waals surface area contributed by atoms with Crippen molar-refractivity contribution in [3.05, 3.63) is 40.0 Å². The predicted molar refractivity (Wildman–Crippen MR) is 72.0 cm³/mol. The first-order chi connectivity index (χ1) is 8.58. The van der Waals surface area contributed by atoms with Gasteiger partial charge < -0.3 is 5.73 Å². The lowest BCUT2D eigenvalue weighted by Gasteiger charge is -2.35. The van der Waals surface area contributed by atoms with Crippen molar-refractivity contribution in [3.8, 4) is 11.3 Å². The largest absolute Gasteiger partial charge is 0.319 e. The average Bonchev–Trinajstić information content (AvgIpc) is 2.68. The molecule has 0 unspecified atom stereocenters. The van der Waals surface area contributed by atoms with Gasteiger partial charge in [0.05, 0.1) is 11.2 Å². The van der Waals surface area contributed by atoms with Crippen LogP contribution in [-0.2, 0) is 5.54 Å². The van der Waals surface area contributed by atoms with Gasteiger partial charge in [-0.25, -0.2) is 9.37 Å². The lowest BCUT2D eigenvalue weighted by molar-refractivity contribution is 0.253. The van der Waals surface area contributed by atoms with Crippen LogP contribution in [-0.4, -0.2) is 4.98 Å². The number of nitrogens with zero attached hydrogens (tertiary/aromatic N) is 1. The lowest BCUT2D eigenvalue weighted by atomic mass is 9.78. The molecule has 3 rings (SSSR count). The Bertz CT molecular complexity index is 587. The minimum atomic E-state index is -0.235. The minimum Gasteiger partial charge on any atom is -0.319 e. The van der Waals surface area contributed by atoms with Crippen molar-refractivity contribution in [2.75, 3.05) is 0 Å². The zero-order valence-corrected chi connectivity index (χ0v) is 11.1. The highest BCUT2D eigenvalue weighted by molar-refractivity contribution is 7.12. The first-order valence-electron chi connectivity index (χ1n) is 6.11. The van der Waals surface area contributed by atoms with Gasteiger partial charge in [0.15, 0.2) is 0 Å². The number of benzene rings is 1. The molecular weight excluding hydrogens is 247 g/mol. The third-order valence-corrected chi connectivity index (χ3v) is 4.76. The number of hydrogen-bond acceptors (Lipinski definition) is 3. The van der Waals surface area contributed by atoms with Crippen molar-refractivity contribution in [3.63, 3.8) is 0 Å². The van der Waals surface area contributed by atoms with Crippen LogP contribution in [0.25, 0.3) is 11.3 Å².